The standard InChI is InChI=1S/C17H19N3O5S/c1-11(20-13-3-2-4-14(8-13)26(18,22)23)17(21)19-9-12-5-6-15-16(7-12)25-10-24-15/h2-8,11,20H,9-10H2,1H3,(H,19,21)(H2,18,22,23)/t11-/m0/s1. The summed E-state index contributed by atoms with van der Waals surface area (Å²) < 4.78 is 33.3. The lowest BCUT2D eigenvalue weighted by molar-refractivity contribution is -0.121. The summed E-state index contributed by atoms with van der Waals surface area (Å²) in [5, 5.41) is 10.9. The lowest BCUT2D eigenvalue weighted by Gasteiger charge is -2.16. The minimum atomic E-state index is -3.80. The third kappa shape index (κ3) is 4.24. The Morgan fingerprint density at radius 2 is 1.96 bits per heavy atom. The van der Waals surface area contributed by atoms with Crippen LogP contribution in [0.4, 0.5) is 5.69 Å². The number of anilines is 1. The van der Waals surface area contributed by atoms with E-state index in [2.05, 4.69) is 10.6 Å². The van der Waals surface area contributed by atoms with E-state index in [0.717, 1.165) is 5.56 Å². The zero-order valence-electron chi connectivity index (χ0n) is 14.1. The molecule has 0 spiro atoms. The lowest BCUT2D eigenvalue weighted by atomic mass is 10.2. The van der Waals surface area contributed by atoms with Crippen molar-refractivity contribution in [1.29, 1.82) is 0 Å². The Morgan fingerprint density at radius 3 is 2.73 bits per heavy atom. The van der Waals surface area contributed by atoms with Crippen molar-refractivity contribution in [3.05, 3.63) is 48.0 Å². The van der Waals surface area contributed by atoms with Gasteiger partial charge in [-0.2, -0.15) is 0 Å². The second kappa shape index (κ2) is 7.22. The SMILES string of the molecule is C[C@H](Nc1cccc(S(N)(=O)=O)c1)C(=O)NCc1ccc2c(c1)OCO2. The summed E-state index contributed by atoms with van der Waals surface area (Å²) in [6.07, 6.45) is 0. The van der Waals surface area contributed by atoms with Crippen molar-refractivity contribution in [2.45, 2.75) is 24.4 Å². The first-order valence-corrected chi connectivity index (χ1v) is 9.43. The van der Waals surface area contributed by atoms with E-state index in [1.807, 2.05) is 12.1 Å². The normalized spacial score (nSPS) is 13.9. The first-order valence-electron chi connectivity index (χ1n) is 7.88. The van der Waals surface area contributed by atoms with E-state index in [9.17, 15) is 13.2 Å². The van der Waals surface area contributed by atoms with Crippen molar-refractivity contribution < 1.29 is 22.7 Å². The number of nitrogens with one attached hydrogen (secondary N) is 2. The summed E-state index contributed by atoms with van der Waals surface area (Å²) >= 11 is 0. The molecule has 2 aromatic rings. The largest absolute Gasteiger partial charge is 0.454 e. The highest BCUT2D eigenvalue weighted by molar-refractivity contribution is 7.89. The highest BCUT2D eigenvalue weighted by Gasteiger charge is 2.16. The maximum Gasteiger partial charge on any atom is 0.242 e. The number of amides is 1. The van der Waals surface area contributed by atoms with Gasteiger partial charge in [0, 0.05) is 12.2 Å². The van der Waals surface area contributed by atoms with Crippen LogP contribution in [0, 0.1) is 0 Å². The molecule has 9 heteroatoms. The average Bonchev–Trinajstić information content (AvgIpc) is 3.06. The van der Waals surface area contributed by atoms with E-state index in [-0.39, 0.29) is 17.6 Å². The van der Waals surface area contributed by atoms with Gasteiger partial charge in [0.1, 0.15) is 6.04 Å². The van der Waals surface area contributed by atoms with Crippen LogP contribution in [0.2, 0.25) is 0 Å². The van der Waals surface area contributed by atoms with E-state index in [0.29, 0.717) is 23.7 Å². The van der Waals surface area contributed by atoms with Gasteiger partial charge in [-0.15, -0.1) is 0 Å². The van der Waals surface area contributed by atoms with Crippen molar-refractivity contribution in [1.82, 2.24) is 5.32 Å². The van der Waals surface area contributed by atoms with Crippen LogP contribution in [-0.4, -0.2) is 27.2 Å². The molecular formula is C17H19N3O5S. The van der Waals surface area contributed by atoms with Crippen molar-refractivity contribution in [2.75, 3.05) is 12.1 Å². The predicted molar refractivity (Wildman–Crippen MR) is 95.3 cm³/mol. The van der Waals surface area contributed by atoms with Gasteiger partial charge < -0.3 is 20.1 Å². The molecular weight excluding hydrogens is 358 g/mol. The summed E-state index contributed by atoms with van der Waals surface area (Å²) in [4.78, 5) is 12.2. The smallest absolute Gasteiger partial charge is 0.242 e. The van der Waals surface area contributed by atoms with Gasteiger partial charge in [0.15, 0.2) is 11.5 Å². The molecule has 0 unspecified atom stereocenters. The Morgan fingerprint density at radius 1 is 1.19 bits per heavy atom. The number of fused-ring (bicyclic) bond motifs is 1. The maximum absolute atomic E-state index is 12.3. The summed E-state index contributed by atoms with van der Waals surface area (Å²) in [5.74, 6) is 1.11. The molecule has 0 radical (unpaired) electrons. The third-order valence-electron chi connectivity index (χ3n) is 3.84. The number of nitrogens with two attached hydrogens (primary N) is 1. The van der Waals surface area contributed by atoms with Crippen LogP contribution < -0.4 is 25.2 Å². The van der Waals surface area contributed by atoms with Crippen molar-refractivity contribution in [2.24, 2.45) is 5.14 Å². The predicted octanol–water partition coefficient (Wildman–Crippen LogP) is 1.18. The molecule has 1 amide bonds. The van der Waals surface area contributed by atoms with Gasteiger partial charge in [0.2, 0.25) is 22.7 Å². The molecule has 1 heterocycles. The summed E-state index contributed by atoms with van der Waals surface area (Å²) in [5.41, 5.74) is 1.37. The Labute approximate surface area is 151 Å². The topological polar surface area (TPSA) is 120 Å². The summed E-state index contributed by atoms with van der Waals surface area (Å²) in [6.45, 7) is 2.21. The maximum atomic E-state index is 12.3. The number of carbonyl (C=O) groups is 1. The fraction of sp³-hybridized carbons (Fsp3) is 0.235. The van der Waals surface area contributed by atoms with Crippen LogP contribution >= 0.6 is 0 Å². The summed E-state index contributed by atoms with van der Waals surface area (Å²) in [7, 11) is -3.80. The molecule has 1 aliphatic rings. The Hall–Kier alpha value is -2.78. The number of benzene rings is 2. The average molecular weight is 377 g/mol. The number of primary sulfonamides is 1. The molecule has 26 heavy (non-hydrogen) atoms. The number of ether oxygens (including phenoxy) is 2. The van der Waals surface area contributed by atoms with Crippen LogP contribution in [0.25, 0.3) is 0 Å². The Bertz CT molecular complexity index is 930. The fourth-order valence-electron chi connectivity index (χ4n) is 2.47. The highest BCUT2D eigenvalue weighted by Crippen LogP contribution is 2.32. The number of sulfonamides is 1. The van der Waals surface area contributed by atoms with E-state index in [1.54, 1.807) is 25.1 Å². The van der Waals surface area contributed by atoms with Crippen LogP contribution in [-0.2, 0) is 21.4 Å². The minimum Gasteiger partial charge on any atom is -0.454 e. The van der Waals surface area contributed by atoms with E-state index >= 15 is 0 Å². The zero-order valence-corrected chi connectivity index (χ0v) is 14.9. The van der Waals surface area contributed by atoms with E-state index in [4.69, 9.17) is 14.6 Å². The van der Waals surface area contributed by atoms with Gasteiger partial charge in [0.05, 0.1) is 4.90 Å². The first kappa shape index (κ1) is 18.0. The van der Waals surface area contributed by atoms with Gasteiger partial charge in [-0.05, 0) is 42.8 Å². The van der Waals surface area contributed by atoms with Crippen molar-refractivity contribution in [3.63, 3.8) is 0 Å². The first-order chi connectivity index (χ1) is 12.3. The zero-order chi connectivity index (χ0) is 18.7. The van der Waals surface area contributed by atoms with E-state index < -0.39 is 16.1 Å². The number of hydrogen-bond donors (Lipinski definition) is 3. The summed E-state index contributed by atoms with van der Waals surface area (Å²) in [6, 6.07) is 10.9. The third-order valence-corrected chi connectivity index (χ3v) is 4.75. The molecule has 0 saturated heterocycles. The van der Waals surface area contributed by atoms with Gasteiger partial charge in [-0.1, -0.05) is 12.1 Å². The molecule has 8 nitrogen and oxygen atoms in total. The lowest BCUT2D eigenvalue weighted by Crippen LogP contribution is -2.37. The van der Waals surface area contributed by atoms with Gasteiger partial charge >= 0.3 is 0 Å². The van der Waals surface area contributed by atoms with Crippen LogP contribution in [0.1, 0.15) is 12.5 Å². The van der Waals surface area contributed by atoms with E-state index in [1.165, 1.54) is 12.1 Å². The Balaban J connectivity index is 1.58. The molecule has 2 aromatic carbocycles. The fourth-order valence-corrected chi connectivity index (χ4v) is 3.03. The van der Waals surface area contributed by atoms with Crippen LogP contribution in [0.15, 0.2) is 47.4 Å². The Kier molecular flexibility index (Phi) is 5.01. The minimum absolute atomic E-state index is 0.0181. The molecule has 138 valence electrons. The van der Waals surface area contributed by atoms with Crippen molar-refractivity contribution >= 4 is 21.6 Å². The molecule has 0 aromatic heterocycles. The molecule has 1 aliphatic heterocycles. The molecule has 0 saturated carbocycles. The van der Waals surface area contributed by atoms with Gasteiger partial charge in [0.25, 0.3) is 0 Å². The second-order valence-corrected chi connectivity index (χ2v) is 7.41. The number of carbonyl (C=O) groups excluding carboxylic acids is 1. The van der Waals surface area contributed by atoms with Crippen LogP contribution in [0.3, 0.4) is 0 Å². The quantitative estimate of drug-likeness (QED) is 0.695. The molecule has 0 bridgehead atoms. The second-order valence-electron chi connectivity index (χ2n) is 5.84. The molecule has 1 atom stereocenters. The molecule has 4 N–H and O–H groups in total. The van der Waals surface area contributed by atoms with Crippen LogP contribution in [0.5, 0.6) is 11.5 Å². The monoisotopic (exact) mass is 377 g/mol. The highest BCUT2D eigenvalue weighted by atomic mass is 32.2. The molecule has 0 fully saturated rings. The van der Waals surface area contributed by atoms with Crippen molar-refractivity contribution in [3.8, 4) is 11.5 Å². The molecule has 3 rings (SSSR count). The number of rotatable bonds is 6. The van der Waals surface area contributed by atoms with Gasteiger partial charge in [-0.3, -0.25) is 4.79 Å². The van der Waals surface area contributed by atoms with Gasteiger partial charge in [-0.25, -0.2) is 13.6 Å². The molecule has 0 aliphatic carbocycles. The number of hydrogen-bond acceptors (Lipinski definition) is 6.